The van der Waals surface area contributed by atoms with E-state index in [2.05, 4.69) is 28.6 Å². The Bertz CT molecular complexity index is 263. The second-order valence-electron chi connectivity index (χ2n) is 2.58. The van der Waals surface area contributed by atoms with Gasteiger partial charge in [-0.25, -0.2) is 4.39 Å². The third-order valence-corrected chi connectivity index (χ3v) is 2.53. The number of benzene rings is 1. The molecule has 0 unspecified atom stereocenters. The highest BCUT2D eigenvalue weighted by Gasteiger charge is 1.99. The number of hydrogen-bond donors (Lipinski definition) is 1. The maximum absolute atomic E-state index is 12.8. The molecule has 0 bridgehead atoms. The SMILES string of the molecule is Fc1ccc(CCCS)cc1Br. The molecule has 0 nitrogen and oxygen atoms in total. The van der Waals surface area contributed by atoms with Crippen LogP contribution in [0.3, 0.4) is 0 Å². The minimum Gasteiger partial charge on any atom is -0.206 e. The molecule has 66 valence electrons. The van der Waals surface area contributed by atoms with Gasteiger partial charge in [-0.3, -0.25) is 0 Å². The van der Waals surface area contributed by atoms with Crippen molar-refractivity contribution < 1.29 is 4.39 Å². The predicted octanol–water partition coefficient (Wildman–Crippen LogP) is 3.45. The lowest BCUT2D eigenvalue weighted by Crippen LogP contribution is -1.87. The van der Waals surface area contributed by atoms with Crippen molar-refractivity contribution in [3.8, 4) is 0 Å². The Labute approximate surface area is 85.7 Å². The van der Waals surface area contributed by atoms with Gasteiger partial charge in [0.2, 0.25) is 0 Å². The number of halogens is 2. The van der Waals surface area contributed by atoms with Gasteiger partial charge < -0.3 is 0 Å². The first-order valence-corrected chi connectivity index (χ1v) is 5.21. The lowest BCUT2D eigenvalue weighted by atomic mass is 10.1. The van der Waals surface area contributed by atoms with Crippen molar-refractivity contribution in [2.75, 3.05) is 5.75 Å². The number of rotatable bonds is 3. The molecule has 0 aliphatic rings. The average molecular weight is 249 g/mol. The van der Waals surface area contributed by atoms with Gasteiger partial charge in [0.15, 0.2) is 0 Å². The highest BCUT2D eigenvalue weighted by molar-refractivity contribution is 9.10. The minimum atomic E-state index is -0.204. The Balaban J connectivity index is 2.69. The zero-order valence-corrected chi connectivity index (χ0v) is 9.04. The van der Waals surface area contributed by atoms with Crippen LogP contribution in [0.5, 0.6) is 0 Å². The molecule has 0 aliphatic carbocycles. The maximum atomic E-state index is 12.8. The van der Waals surface area contributed by atoms with E-state index in [0.717, 1.165) is 24.2 Å². The molecule has 0 amide bonds. The van der Waals surface area contributed by atoms with Crippen LogP contribution in [0.1, 0.15) is 12.0 Å². The van der Waals surface area contributed by atoms with Gasteiger partial charge in [0.05, 0.1) is 4.47 Å². The largest absolute Gasteiger partial charge is 0.206 e. The van der Waals surface area contributed by atoms with Crippen LogP contribution in [0.25, 0.3) is 0 Å². The van der Waals surface area contributed by atoms with E-state index in [4.69, 9.17) is 0 Å². The first-order valence-electron chi connectivity index (χ1n) is 3.79. The van der Waals surface area contributed by atoms with Crippen molar-refractivity contribution >= 4 is 28.6 Å². The van der Waals surface area contributed by atoms with E-state index >= 15 is 0 Å². The predicted molar refractivity (Wildman–Crippen MR) is 56.3 cm³/mol. The van der Waals surface area contributed by atoms with Crippen molar-refractivity contribution in [1.82, 2.24) is 0 Å². The van der Waals surface area contributed by atoms with Crippen LogP contribution in [-0.2, 0) is 6.42 Å². The second-order valence-corrected chi connectivity index (χ2v) is 3.88. The van der Waals surface area contributed by atoms with Crippen LogP contribution in [0, 0.1) is 5.82 Å². The lowest BCUT2D eigenvalue weighted by Gasteiger charge is -2.00. The quantitative estimate of drug-likeness (QED) is 0.779. The Morgan fingerprint density at radius 1 is 1.42 bits per heavy atom. The summed E-state index contributed by atoms with van der Waals surface area (Å²) in [4.78, 5) is 0. The topological polar surface area (TPSA) is 0 Å². The van der Waals surface area contributed by atoms with E-state index in [1.165, 1.54) is 6.07 Å². The van der Waals surface area contributed by atoms with E-state index in [-0.39, 0.29) is 5.82 Å². The molecule has 1 rings (SSSR count). The molecule has 3 heteroatoms. The third-order valence-electron chi connectivity index (χ3n) is 1.61. The van der Waals surface area contributed by atoms with Gasteiger partial charge in [-0.2, -0.15) is 12.6 Å². The van der Waals surface area contributed by atoms with Crippen LogP contribution >= 0.6 is 28.6 Å². The monoisotopic (exact) mass is 248 g/mol. The lowest BCUT2D eigenvalue weighted by molar-refractivity contribution is 0.620. The van der Waals surface area contributed by atoms with Crippen LogP contribution in [-0.4, -0.2) is 5.75 Å². The van der Waals surface area contributed by atoms with E-state index in [1.807, 2.05) is 12.1 Å². The first-order chi connectivity index (χ1) is 5.74. The summed E-state index contributed by atoms with van der Waals surface area (Å²) in [5, 5.41) is 0. The van der Waals surface area contributed by atoms with Gasteiger partial charge >= 0.3 is 0 Å². The molecule has 0 heterocycles. The molecule has 0 N–H and O–H groups in total. The van der Waals surface area contributed by atoms with Gasteiger partial charge in [-0.05, 0) is 52.2 Å². The normalized spacial score (nSPS) is 10.2. The summed E-state index contributed by atoms with van der Waals surface area (Å²) in [6.45, 7) is 0. The summed E-state index contributed by atoms with van der Waals surface area (Å²) in [7, 11) is 0. The van der Waals surface area contributed by atoms with Crippen molar-refractivity contribution in [1.29, 1.82) is 0 Å². The standard InChI is InChI=1S/C9H10BrFS/c10-8-6-7(2-1-5-12)3-4-9(8)11/h3-4,6,12H,1-2,5H2. The molecule has 0 fully saturated rings. The van der Waals surface area contributed by atoms with Crippen molar-refractivity contribution in [2.24, 2.45) is 0 Å². The second kappa shape index (κ2) is 4.87. The number of hydrogen-bond acceptors (Lipinski definition) is 1. The molecule has 0 atom stereocenters. The van der Waals surface area contributed by atoms with Crippen molar-refractivity contribution in [2.45, 2.75) is 12.8 Å². The summed E-state index contributed by atoms with van der Waals surface area (Å²) in [5.41, 5.74) is 1.15. The molecule has 0 aliphatic heterocycles. The molecule has 1 aromatic rings. The van der Waals surface area contributed by atoms with Crippen LogP contribution in [0.4, 0.5) is 4.39 Å². The van der Waals surface area contributed by atoms with Gasteiger partial charge in [0, 0.05) is 0 Å². The van der Waals surface area contributed by atoms with E-state index < -0.39 is 0 Å². The van der Waals surface area contributed by atoms with Gasteiger partial charge in [-0.15, -0.1) is 0 Å². The first kappa shape index (κ1) is 10.1. The Morgan fingerprint density at radius 3 is 2.75 bits per heavy atom. The van der Waals surface area contributed by atoms with E-state index in [9.17, 15) is 4.39 Å². The molecule has 0 saturated heterocycles. The van der Waals surface area contributed by atoms with Crippen molar-refractivity contribution in [3.63, 3.8) is 0 Å². The van der Waals surface area contributed by atoms with Gasteiger partial charge in [0.25, 0.3) is 0 Å². The van der Waals surface area contributed by atoms with Gasteiger partial charge in [0.1, 0.15) is 5.82 Å². The highest BCUT2D eigenvalue weighted by atomic mass is 79.9. The fourth-order valence-corrected chi connectivity index (χ4v) is 1.56. The molecule has 12 heavy (non-hydrogen) atoms. The molecular formula is C9H10BrFS. The smallest absolute Gasteiger partial charge is 0.137 e. The minimum absolute atomic E-state index is 0.204. The molecule has 0 spiro atoms. The summed E-state index contributed by atoms with van der Waals surface area (Å²) in [6.07, 6.45) is 1.99. The van der Waals surface area contributed by atoms with Crippen LogP contribution in [0.2, 0.25) is 0 Å². The average Bonchev–Trinajstić information content (AvgIpc) is 2.07. The molecule has 0 saturated carbocycles. The van der Waals surface area contributed by atoms with Crippen molar-refractivity contribution in [3.05, 3.63) is 34.1 Å². The Hall–Kier alpha value is -0.0200. The summed E-state index contributed by atoms with van der Waals surface area (Å²) in [6, 6.07) is 5.11. The highest BCUT2D eigenvalue weighted by Crippen LogP contribution is 2.17. The van der Waals surface area contributed by atoms with Crippen LogP contribution in [0.15, 0.2) is 22.7 Å². The van der Waals surface area contributed by atoms with Crippen LogP contribution < -0.4 is 0 Å². The Morgan fingerprint density at radius 2 is 2.17 bits per heavy atom. The Kier molecular flexibility index (Phi) is 4.09. The van der Waals surface area contributed by atoms with Gasteiger partial charge in [-0.1, -0.05) is 6.07 Å². The molecule has 1 aromatic carbocycles. The van der Waals surface area contributed by atoms with E-state index in [1.54, 1.807) is 0 Å². The summed E-state index contributed by atoms with van der Waals surface area (Å²) in [5.74, 6) is 0.666. The zero-order valence-electron chi connectivity index (χ0n) is 6.56. The van der Waals surface area contributed by atoms with E-state index in [0.29, 0.717) is 4.47 Å². The summed E-state index contributed by atoms with van der Waals surface area (Å²) >= 11 is 7.26. The zero-order chi connectivity index (χ0) is 8.97. The fourth-order valence-electron chi connectivity index (χ4n) is 0.978. The summed E-state index contributed by atoms with van der Waals surface area (Å²) < 4.78 is 13.3. The third kappa shape index (κ3) is 2.79. The number of aryl methyl sites for hydroxylation is 1. The number of thiol groups is 1. The fraction of sp³-hybridized carbons (Fsp3) is 0.333. The maximum Gasteiger partial charge on any atom is 0.137 e. The molecule has 0 radical (unpaired) electrons. The molecular weight excluding hydrogens is 239 g/mol. The molecule has 0 aromatic heterocycles.